The second-order valence-electron chi connectivity index (χ2n) is 6.89. The third-order valence-electron chi connectivity index (χ3n) is 4.62. The van der Waals surface area contributed by atoms with E-state index in [9.17, 15) is 13.2 Å². The zero-order valence-electron chi connectivity index (χ0n) is 15.8. The Morgan fingerprint density at radius 3 is 2.56 bits per heavy atom. The topological polar surface area (TPSA) is 84.5 Å². The summed E-state index contributed by atoms with van der Waals surface area (Å²) in [6, 6.07) is 4.46. The Morgan fingerprint density at radius 2 is 1.93 bits per heavy atom. The van der Waals surface area contributed by atoms with Crippen molar-refractivity contribution in [3.05, 3.63) is 23.2 Å². The molecule has 27 heavy (non-hydrogen) atoms. The maximum absolute atomic E-state index is 12.2. The van der Waals surface area contributed by atoms with Crippen LogP contribution < -0.4 is 14.8 Å². The number of hydrogen-bond donors (Lipinski definition) is 2. The molecule has 0 bridgehead atoms. The molecule has 152 valence electrons. The molecule has 0 spiro atoms. The summed E-state index contributed by atoms with van der Waals surface area (Å²) in [6.07, 6.45) is 8.40. The molecule has 0 heterocycles. The smallest absolute Gasteiger partial charge is 0.258 e. The minimum absolute atomic E-state index is 0.0823. The van der Waals surface area contributed by atoms with Gasteiger partial charge in [-0.1, -0.05) is 50.6 Å². The standard InChI is InChI=1S/C19H29ClN2O4S/c1-2-3-12-21-27(24,25)16-10-11-18(17(20)13-16)26-14-19(23)22-15-8-6-4-5-7-9-15/h10-11,13,15,21H,2-9,12,14H2,1H3,(H,22,23). The Kier molecular flexibility index (Phi) is 8.86. The molecule has 1 aliphatic rings. The molecule has 1 amide bonds. The molecule has 1 fully saturated rings. The van der Waals surface area contributed by atoms with Crippen LogP contribution in [0.25, 0.3) is 0 Å². The van der Waals surface area contributed by atoms with Crippen LogP contribution in [0.3, 0.4) is 0 Å². The lowest BCUT2D eigenvalue weighted by Crippen LogP contribution is -2.37. The zero-order chi connectivity index (χ0) is 19.7. The SMILES string of the molecule is CCCCNS(=O)(=O)c1ccc(OCC(=O)NC2CCCCCC2)c(Cl)c1. The third-order valence-corrected chi connectivity index (χ3v) is 6.37. The molecule has 6 nitrogen and oxygen atoms in total. The predicted octanol–water partition coefficient (Wildman–Crippen LogP) is 3.64. The van der Waals surface area contributed by atoms with E-state index in [-0.39, 0.29) is 28.5 Å². The second kappa shape index (κ2) is 10.9. The van der Waals surface area contributed by atoms with Crippen LogP contribution in [-0.2, 0) is 14.8 Å². The molecule has 2 rings (SSSR count). The van der Waals surface area contributed by atoms with E-state index >= 15 is 0 Å². The molecular weight excluding hydrogens is 388 g/mol. The molecule has 0 aliphatic heterocycles. The third kappa shape index (κ3) is 7.31. The first-order valence-electron chi connectivity index (χ1n) is 9.63. The summed E-state index contributed by atoms with van der Waals surface area (Å²) in [6.45, 7) is 2.23. The predicted molar refractivity (Wildman–Crippen MR) is 107 cm³/mol. The van der Waals surface area contributed by atoms with E-state index < -0.39 is 10.0 Å². The highest BCUT2D eigenvalue weighted by Crippen LogP contribution is 2.27. The van der Waals surface area contributed by atoms with E-state index in [1.807, 2.05) is 6.92 Å². The van der Waals surface area contributed by atoms with E-state index in [4.69, 9.17) is 16.3 Å². The Balaban J connectivity index is 1.88. The van der Waals surface area contributed by atoms with Gasteiger partial charge in [0.05, 0.1) is 9.92 Å². The number of unbranched alkanes of at least 4 members (excludes halogenated alkanes) is 1. The van der Waals surface area contributed by atoms with Gasteiger partial charge in [0, 0.05) is 12.6 Å². The normalized spacial score (nSPS) is 15.9. The monoisotopic (exact) mass is 416 g/mol. The van der Waals surface area contributed by atoms with Crippen LogP contribution in [-0.4, -0.2) is 33.5 Å². The molecular formula is C19H29ClN2O4S. The maximum atomic E-state index is 12.2. The summed E-state index contributed by atoms with van der Waals surface area (Å²) in [5, 5.41) is 3.16. The number of halogens is 1. The summed E-state index contributed by atoms with van der Waals surface area (Å²) in [5.74, 6) is 0.107. The highest BCUT2D eigenvalue weighted by atomic mass is 35.5. The molecule has 8 heteroatoms. The van der Waals surface area contributed by atoms with Gasteiger partial charge < -0.3 is 10.1 Å². The number of benzene rings is 1. The maximum Gasteiger partial charge on any atom is 0.258 e. The van der Waals surface area contributed by atoms with Crippen LogP contribution in [0.1, 0.15) is 58.3 Å². The van der Waals surface area contributed by atoms with Crippen LogP contribution >= 0.6 is 11.6 Å². The van der Waals surface area contributed by atoms with Crippen molar-refractivity contribution in [1.82, 2.24) is 10.0 Å². The molecule has 1 saturated carbocycles. The first-order valence-corrected chi connectivity index (χ1v) is 11.5. The van der Waals surface area contributed by atoms with Crippen LogP contribution in [0.2, 0.25) is 5.02 Å². The van der Waals surface area contributed by atoms with Crippen LogP contribution in [0, 0.1) is 0 Å². The highest BCUT2D eigenvalue weighted by Gasteiger charge is 2.17. The number of carbonyl (C=O) groups is 1. The number of carbonyl (C=O) groups excluding carboxylic acids is 1. The first-order chi connectivity index (χ1) is 12.9. The van der Waals surface area contributed by atoms with Crippen LogP contribution in [0.4, 0.5) is 0 Å². The first kappa shape index (κ1) is 22.0. The Labute approximate surface area is 167 Å². The number of amides is 1. The largest absolute Gasteiger partial charge is 0.482 e. The summed E-state index contributed by atoms with van der Waals surface area (Å²) >= 11 is 6.14. The van der Waals surface area contributed by atoms with Crippen molar-refractivity contribution in [2.24, 2.45) is 0 Å². The van der Waals surface area contributed by atoms with Gasteiger partial charge in [0.2, 0.25) is 10.0 Å². The van der Waals surface area contributed by atoms with Gasteiger partial charge in [0.15, 0.2) is 6.61 Å². The number of rotatable bonds is 9. The number of ether oxygens (including phenoxy) is 1. The average Bonchev–Trinajstić information content (AvgIpc) is 2.89. The van der Waals surface area contributed by atoms with Gasteiger partial charge in [-0.25, -0.2) is 13.1 Å². The molecule has 1 aromatic rings. The van der Waals surface area contributed by atoms with Gasteiger partial charge in [-0.2, -0.15) is 0 Å². The lowest BCUT2D eigenvalue weighted by Gasteiger charge is -2.16. The lowest BCUT2D eigenvalue weighted by molar-refractivity contribution is -0.123. The van der Waals surface area contributed by atoms with E-state index in [2.05, 4.69) is 10.0 Å². The average molecular weight is 417 g/mol. The van der Waals surface area contributed by atoms with Gasteiger partial charge in [0.1, 0.15) is 5.75 Å². The van der Waals surface area contributed by atoms with Crippen molar-refractivity contribution in [2.75, 3.05) is 13.2 Å². The highest BCUT2D eigenvalue weighted by molar-refractivity contribution is 7.89. The van der Waals surface area contributed by atoms with Crippen molar-refractivity contribution < 1.29 is 17.9 Å². The van der Waals surface area contributed by atoms with Crippen molar-refractivity contribution >= 4 is 27.5 Å². The number of sulfonamides is 1. The van der Waals surface area contributed by atoms with E-state index in [0.717, 1.165) is 38.5 Å². The number of hydrogen-bond acceptors (Lipinski definition) is 4. The van der Waals surface area contributed by atoms with Crippen molar-refractivity contribution in [2.45, 2.75) is 69.2 Å². The molecule has 2 N–H and O–H groups in total. The summed E-state index contributed by atoms with van der Waals surface area (Å²) in [4.78, 5) is 12.2. The Bertz CT molecular complexity index is 716. The molecule has 0 saturated heterocycles. The summed E-state index contributed by atoms with van der Waals surface area (Å²) < 4.78 is 32.4. The fraction of sp³-hybridized carbons (Fsp3) is 0.632. The van der Waals surface area contributed by atoms with E-state index in [1.165, 1.54) is 31.0 Å². The van der Waals surface area contributed by atoms with E-state index in [1.54, 1.807) is 0 Å². The molecule has 0 aromatic heterocycles. The lowest BCUT2D eigenvalue weighted by atomic mass is 10.1. The fourth-order valence-corrected chi connectivity index (χ4v) is 4.47. The van der Waals surface area contributed by atoms with Crippen molar-refractivity contribution in [1.29, 1.82) is 0 Å². The van der Waals surface area contributed by atoms with Crippen LogP contribution in [0.5, 0.6) is 5.75 Å². The summed E-state index contributed by atoms with van der Waals surface area (Å²) in [7, 11) is -3.59. The minimum Gasteiger partial charge on any atom is -0.482 e. The van der Waals surface area contributed by atoms with Gasteiger partial charge in [-0.15, -0.1) is 0 Å². The van der Waals surface area contributed by atoms with Gasteiger partial charge >= 0.3 is 0 Å². The summed E-state index contributed by atoms with van der Waals surface area (Å²) in [5.41, 5.74) is 0. The Hall–Kier alpha value is -1.31. The number of nitrogens with one attached hydrogen (secondary N) is 2. The zero-order valence-corrected chi connectivity index (χ0v) is 17.4. The minimum atomic E-state index is -3.59. The van der Waals surface area contributed by atoms with E-state index in [0.29, 0.717) is 12.3 Å². The van der Waals surface area contributed by atoms with Crippen molar-refractivity contribution in [3.63, 3.8) is 0 Å². The molecule has 1 aliphatic carbocycles. The van der Waals surface area contributed by atoms with Gasteiger partial charge in [0.25, 0.3) is 5.91 Å². The van der Waals surface area contributed by atoms with Gasteiger partial charge in [-0.3, -0.25) is 4.79 Å². The Morgan fingerprint density at radius 1 is 1.22 bits per heavy atom. The molecule has 0 unspecified atom stereocenters. The van der Waals surface area contributed by atoms with Crippen LogP contribution in [0.15, 0.2) is 23.1 Å². The van der Waals surface area contributed by atoms with Crippen molar-refractivity contribution in [3.8, 4) is 5.75 Å². The van der Waals surface area contributed by atoms with Gasteiger partial charge in [-0.05, 0) is 37.5 Å². The molecule has 1 aromatic carbocycles. The fourth-order valence-electron chi connectivity index (χ4n) is 3.07. The quantitative estimate of drug-likeness (QED) is 0.475. The molecule has 0 radical (unpaired) electrons. The second-order valence-corrected chi connectivity index (χ2v) is 9.06. The molecule has 0 atom stereocenters.